The van der Waals surface area contributed by atoms with Gasteiger partial charge in [-0.1, -0.05) is 42.5 Å². The molecule has 2 aromatic carbocycles. The second kappa shape index (κ2) is 9.85. The molecule has 0 bridgehead atoms. The number of rotatable bonds is 6. The number of amides is 1. The van der Waals surface area contributed by atoms with E-state index in [1.165, 1.54) is 18.2 Å². The Morgan fingerprint density at radius 1 is 1.19 bits per heavy atom. The van der Waals surface area contributed by atoms with Crippen molar-refractivity contribution in [3.63, 3.8) is 0 Å². The van der Waals surface area contributed by atoms with Crippen LogP contribution in [0.15, 0.2) is 54.6 Å². The molecule has 0 fully saturated rings. The number of carbonyl (C=O) groups excluding carboxylic acids is 2. The van der Waals surface area contributed by atoms with Gasteiger partial charge >= 0.3 is 12.1 Å². The normalized spacial score (nSPS) is 25.0. The van der Waals surface area contributed by atoms with Crippen LogP contribution in [0.2, 0.25) is 0 Å². The SMILES string of the molecule is COC(=O)C(Cc1ccccc1)NC(=O)OC1C=CC23CCN(C)Cc4ccc(OC)c(c42)OC3C1. The number of hydrogen-bond donors (Lipinski definition) is 1. The van der Waals surface area contributed by atoms with E-state index in [1.54, 1.807) is 7.11 Å². The fraction of sp³-hybridized carbons (Fsp3) is 0.429. The van der Waals surface area contributed by atoms with Gasteiger partial charge in [-0.3, -0.25) is 0 Å². The number of ether oxygens (including phenoxy) is 4. The molecule has 2 aromatic rings. The van der Waals surface area contributed by atoms with Crippen molar-refractivity contribution in [2.45, 2.75) is 49.5 Å². The van der Waals surface area contributed by atoms with E-state index in [2.05, 4.69) is 29.4 Å². The number of hydrogen-bond acceptors (Lipinski definition) is 7. The average Bonchev–Trinajstić information content (AvgIpc) is 3.14. The summed E-state index contributed by atoms with van der Waals surface area (Å²) < 4.78 is 22.7. The molecule has 190 valence electrons. The van der Waals surface area contributed by atoms with Gasteiger partial charge in [-0.05, 0) is 43.3 Å². The van der Waals surface area contributed by atoms with Crippen LogP contribution in [-0.4, -0.2) is 63.0 Å². The van der Waals surface area contributed by atoms with Gasteiger partial charge < -0.3 is 29.2 Å². The van der Waals surface area contributed by atoms with Crippen LogP contribution in [0.4, 0.5) is 4.79 Å². The number of nitrogens with zero attached hydrogens (tertiary/aromatic N) is 1. The molecular weight excluding hydrogens is 460 g/mol. The lowest BCUT2D eigenvalue weighted by atomic mass is 9.69. The predicted octanol–water partition coefficient (Wildman–Crippen LogP) is 3.37. The number of carbonyl (C=O) groups is 2. The summed E-state index contributed by atoms with van der Waals surface area (Å²) in [5, 5.41) is 2.68. The lowest BCUT2D eigenvalue weighted by Gasteiger charge is -2.36. The van der Waals surface area contributed by atoms with E-state index in [1.807, 2.05) is 42.5 Å². The molecule has 1 aliphatic carbocycles. The van der Waals surface area contributed by atoms with Crippen molar-refractivity contribution in [3.05, 3.63) is 71.3 Å². The van der Waals surface area contributed by atoms with E-state index in [-0.39, 0.29) is 11.5 Å². The number of methoxy groups -OCH3 is 2. The number of benzene rings is 2. The van der Waals surface area contributed by atoms with Gasteiger partial charge in [-0.15, -0.1) is 0 Å². The van der Waals surface area contributed by atoms with E-state index in [4.69, 9.17) is 18.9 Å². The number of nitrogens with one attached hydrogen (secondary N) is 1. The summed E-state index contributed by atoms with van der Waals surface area (Å²) in [7, 11) is 5.08. The molecule has 0 radical (unpaired) electrons. The summed E-state index contributed by atoms with van der Waals surface area (Å²) in [5.74, 6) is 0.988. The monoisotopic (exact) mass is 492 g/mol. The van der Waals surface area contributed by atoms with Crippen molar-refractivity contribution in [3.8, 4) is 11.5 Å². The molecule has 0 aromatic heterocycles. The molecule has 2 aliphatic heterocycles. The zero-order valence-corrected chi connectivity index (χ0v) is 20.9. The molecule has 8 heteroatoms. The van der Waals surface area contributed by atoms with Crippen LogP contribution >= 0.6 is 0 Å². The number of alkyl carbamates (subject to hydrolysis) is 1. The van der Waals surface area contributed by atoms with Crippen molar-refractivity contribution < 1.29 is 28.5 Å². The first-order valence-corrected chi connectivity index (χ1v) is 12.3. The minimum Gasteiger partial charge on any atom is -0.493 e. The highest BCUT2D eigenvalue weighted by Gasteiger charge is 2.53. The van der Waals surface area contributed by atoms with Gasteiger partial charge in [-0.25, -0.2) is 9.59 Å². The van der Waals surface area contributed by atoms with E-state index in [0.29, 0.717) is 12.8 Å². The highest BCUT2D eigenvalue weighted by molar-refractivity contribution is 5.81. The first-order chi connectivity index (χ1) is 17.4. The van der Waals surface area contributed by atoms with Crippen molar-refractivity contribution in [2.75, 3.05) is 27.8 Å². The zero-order valence-electron chi connectivity index (χ0n) is 20.9. The lowest BCUT2D eigenvalue weighted by molar-refractivity contribution is -0.143. The Bertz CT molecular complexity index is 1170. The highest BCUT2D eigenvalue weighted by Crippen LogP contribution is 2.55. The molecule has 1 amide bonds. The molecule has 1 spiro atoms. The van der Waals surface area contributed by atoms with E-state index < -0.39 is 24.2 Å². The maximum absolute atomic E-state index is 12.8. The highest BCUT2D eigenvalue weighted by atomic mass is 16.6. The Morgan fingerprint density at radius 2 is 2.00 bits per heavy atom. The Morgan fingerprint density at radius 3 is 2.75 bits per heavy atom. The molecule has 36 heavy (non-hydrogen) atoms. The minimum absolute atomic E-state index is 0.183. The summed E-state index contributed by atoms with van der Waals surface area (Å²) in [5.41, 5.74) is 3.04. The Kier molecular flexibility index (Phi) is 6.62. The third-order valence-corrected chi connectivity index (χ3v) is 7.45. The predicted molar refractivity (Wildman–Crippen MR) is 133 cm³/mol. The van der Waals surface area contributed by atoms with E-state index in [9.17, 15) is 9.59 Å². The van der Waals surface area contributed by atoms with Crippen LogP contribution in [-0.2, 0) is 32.6 Å². The van der Waals surface area contributed by atoms with Crippen LogP contribution in [0.1, 0.15) is 29.5 Å². The second-order valence-electron chi connectivity index (χ2n) is 9.71. The topological polar surface area (TPSA) is 86.3 Å². The van der Waals surface area contributed by atoms with Crippen LogP contribution in [0.5, 0.6) is 11.5 Å². The molecule has 2 heterocycles. The summed E-state index contributed by atoms with van der Waals surface area (Å²) >= 11 is 0. The van der Waals surface area contributed by atoms with Crippen LogP contribution < -0.4 is 14.8 Å². The van der Waals surface area contributed by atoms with Crippen molar-refractivity contribution in [1.29, 1.82) is 0 Å². The lowest BCUT2D eigenvalue weighted by Crippen LogP contribution is -2.47. The van der Waals surface area contributed by atoms with Gasteiger partial charge in [0, 0.05) is 24.9 Å². The second-order valence-corrected chi connectivity index (χ2v) is 9.71. The molecule has 8 nitrogen and oxygen atoms in total. The Labute approximate surface area is 211 Å². The third kappa shape index (κ3) is 4.41. The summed E-state index contributed by atoms with van der Waals surface area (Å²) in [6.07, 6.45) is 4.48. The van der Waals surface area contributed by atoms with Gasteiger partial charge in [0.25, 0.3) is 0 Å². The summed E-state index contributed by atoms with van der Waals surface area (Å²) in [6, 6.07) is 12.7. The van der Waals surface area contributed by atoms with Crippen molar-refractivity contribution in [2.24, 2.45) is 0 Å². The van der Waals surface area contributed by atoms with Gasteiger partial charge in [0.05, 0.1) is 19.6 Å². The van der Waals surface area contributed by atoms with Gasteiger partial charge in [-0.2, -0.15) is 0 Å². The van der Waals surface area contributed by atoms with Gasteiger partial charge in [0.2, 0.25) is 0 Å². The Hall–Kier alpha value is -3.52. The average molecular weight is 493 g/mol. The zero-order chi connectivity index (χ0) is 25.3. The first-order valence-electron chi connectivity index (χ1n) is 12.3. The summed E-state index contributed by atoms with van der Waals surface area (Å²) in [6.45, 7) is 1.77. The molecular formula is C28H32N2O6. The summed E-state index contributed by atoms with van der Waals surface area (Å²) in [4.78, 5) is 27.4. The van der Waals surface area contributed by atoms with Gasteiger partial charge in [0.1, 0.15) is 18.2 Å². The molecule has 4 atom stereocenters. The quantitative estimate of drug-likeness (QED) is 0.489. The minimum atomic E-state index is -0.847. The largest absolute Gasteiger partial charge is 0.493 e. The Balaban J connectivity index is 1.32. The van der Waals surface area contributed by atoms with E-state index in [0.717, 1.165) is 36.6 Å². The van der Waals surface area contributed by atoms with Crippen LogP contribution in [0.25, 0.3) is 0 Å². The van der Waals surface area contributed by atoms with Crippen molar-refractivity contribution >= 4 is 12.1 Å². The standard InChI is InChI=1S/C28H32N2O6/c1-30-14-13-28-12-11-20(16-23(28)36-25-22(33-2)10-9-19(17-30)24(25)28)35-27(32)29-21(26(31)34-3)15-18-7-5-4-6-8-18/h4-12,20-21,23H,13-17H2,1-3H3,(H,29,32). The van der Waals surface area contributed by atoms with Crippen molar-refractivity contribution in [1.82, 2.24) is 10.2 Å². The molecule has 3 aliphatic rings. The smallest absolute Gasteiger partial charge is 0.408 e. The molecule has 4 unspecified atom stereocenters. The molecule has 5 rings (SSSR count). The molecule has 0 saturated carbocycles. The molecule has 1 N–H and O–H groups in total. The van der Waals surface area contributed by atoms with Crippen LogP contribution in [0, 0.1) is 0 Å². The third-order valence-electron chi connectivity index (χ3n) is 7.45. The maximum Gasteiger partial charge on any atom is 0.408 e. The van der Waals surface area contributed by atoms with Gasteiger partial charge in [0.15, 0.2) is 11.5 Å². The molecule has 0 saturated heterocycles. The first kappa shape index (κ1) is 24.2. The van der Waals surface area contributed by atoms with Crippen LogP contribution in [0.3, 0.4) is 0 Å². The fourth-order valence-corrected chi connectivity index (χ4v) is 5.65. The van der Waals surface area contributed by atoms with E-state index >= 15 is 0 Å². The number of esters is 1. The maximum atomic E-state index is 12.8. The fourth-order valence-electron chi connectivity index (χ4n) is 5.65.